The average Bonchev–Trinajstić information content (AvgIpc) is 3.35. The van der Waals surface area contributed by atoms with E-state index in [0.29, 0.717) is 29.4 Å². The van der Waals surface area contributed by atoms with Gasteiger partial charge in [0.15, 0.2) is 9.84 Å². The number of nitrogens with zero attached hydrogens (tertiary/aromatic N) is 3. The number of sulfone groups is 1. The highest BCUT2D eigenvalue weighted by Crippen LogP contribution is 2.53. The summed E-state index contributed by atoms with van der Waals surface area (Å²) in [6.07, 6.45) is 5.84. The van der Waals surface area contributed by atoms with E-state index in [2.05, 4.69) is 15.3 Å². The van der Waals surface area contributed by atoms with Crippen LogP contribution in [0.4, 0.5) is 8.78 Å². The molecular weight excluding hydrogens is 474 g/mol. The highest BCUT2D eigenvalue weighted by atomic mass is 35.5. The largest absolute Gasteiger partial charge is 0.345 e. The van der Waals surface area contributed by atoms with Crippen molar-refractivity contribution in [3.8, 4) is 0 Å². The van der Waals surface area contributed by atoms with E-state index in [1.165, 1.54) is 36.8 Å². The minimum absolute atomic E-state index is 0.0640. The maximum Gasteiger partial charge on any atom is 0.270 e. The van der Waals surface area contributed by atoms with Crippen LogP contribution in [0.15, 0.2) is 48.3 Å². The second-order valence-corrected chi connectivity index (χ2v) is 10.5. The van der Waals surface area contributed by atoms with Gasteiger partial charge in [-0.3, -0.25) is 4.79 Å². The maximum absolute atomic E-state index is 15.4. The molecule has 1 aliphatic rings. The Morgan fingerprint density at radius 2 is 2.06 bits per heavy atom. The number of fused-ring (bicyclic) bond motifs is 1. The zero-order valence-corrected chi connectivity index (χ0v) is 19.4. The van der Waals surface area contributed by atoms with E-state index in [4.69, 9.17) is 11.6 Å². The van der Waals surface area contributed by atoms with Crippen LogP contribution in [0.1, 0.15) is 41.9 Å². The molecule has 0 saturated heterocycles. The van der Waals surface area contributed by atoms with Crippen LogP contribution in [0.2, 0.25) is 5.02 Å². The Kier molecular flexibility index (Phi) is 6.00. The molecule has 11 heteroatoms. The van der Waals surface area contributed by atoms with E-state index in [1.807, 2.05) is 0 Å². The third kappa shape index (κ3) is 4.91. The highest BCUT2D eigenvalue weighted by molar-refractivity contribution is 7.93. The van der Waals surface area contributed by atoms with E-state index >= 15 is 4.39 Å². The van der Waals surface area contributed by atoms with Crippen molar-refractivity contribution >= 4 is 38.4 Å². The van der Waals surface area contributed by atoms with Crippen molar-refractivity contribution in [2.45, 2.75) is 37.5 Å². The van der Waals surface area contributed by atoms with Crippen LogP contribution in [0.5, 0.6) is 0 Å². The molecule has 1 saturated carbocycles. The van der Waals surface area contributed by atoms with Gasteiger partial charge in [-0.2, -0.15) is 0 Å². The third-order valence-electron chi connectivity index (χ3n) is 5.44. The summed E-state index contributed by atoms with van der Waals surface area (Å²) < 4.78 is 53.5. The zero-order valence-electron chi connectivity index (χ0n) is 17.8. The summed E-state index contributed by atoms with van der Waals surface area (Å²) in [5.74, 6) is -1.16. The number of rotatable bonds is 7. The second kappa shape index (κ2) is 8.49. The lowest BCUT2D eigenvalue weighted by molar-refractivity contribution is 0.0942. The molecule has 0 radical (unpaired) electrons. The number of nitrogens with one attached hydrogen (secondary N) is 1. The number of imidazole rings is 1. The van der Waals surface area contributed by atoms with Crippen molar-refractivity contribution in [3.05, 3.63) is 70.4 Å². The van der Waals surface area contributed by atoms with Gasteiger partial charge < -0.3 is 9.88 Å². The number of hydrogen-bond donors (Lipinski definition) is 1. The second-order valence-electron chi connectivity index (χ2n) is 8.21. The van der Waals surface area contributed by atoms with Gasteiger partial charge in [0.2, 0.25) is 0 Å². The molecule has 1 N–H and O–H groups in total. The van der Waals surface area contributed by atoms with Gasteiger partial charge in [-0.05, 0) is 37.5 Å². The molecule has 1 aromatic carbocycles. The van der Waals surface area contributed by atoms with Crippen LogP contribution in [-0.4, -0.2) is 46.8 Å². The van der Waals surface area contributed by atoms with E-state index < -0.39 is 39.3 Å². The fraction of sp³-hybridized carbons (Fsp3) is 0.318. The lowest BCUT2D eigenvalue weighted by atomic mass is 9.99. The predicted octanol–water partition coefficient (Wildman–Crippen LogP) is 3.99. The van der Waals surface area contributed by atoms with Crippen molar-refractivity contribution in [2.24, 2.45) is 0 Å². The van der Waals surface area contributed by atoms with Crippen LogP contribution in [0, 0.1) is 5.82 Å². The topological polar surface area (TPSA) is 94.0 Å². The molecule has 0 bridgehead atoms. The molecule has 2 aromatic heterocycles. The minimum Gasteiger partial charge on any atom is -0.345 e. The van der Waals surface area contributed by atoms with Crippen molar-refractivity contribution in [1.29, 1.82) is 0 Å². The quantitative estimate of drug-likeness (QED) is 0.536. The van der Waals surface area contributed by atoms with Gasteiger partial charge in [0, 0.05) is 17.7 Å². The Bertz CT molecular complexity index is 1370. The summed E-state index contributed by atoms with van der Waals surface area (Å²) in [6, 6.07) is 4.29. The fourth-order valence-corrected chi connectivity index (χ4v) is 4.40. The molecule has 2 heterocycles. The fourth-order valence-electron chi connectivity index (χ4n) is 3.65. The van der Waals surface area contributed by atoms with Crippen LogP contribution < -0.4 is 5.32 Å². The maximum atomic E-state index is 15.4. The molecule has 174 valence electrons. The lowest BCUT2D eigenvalue weighted by Crippen LogP contribution is -2.31. The van der Waals surface area contributed by atoms with Crippen molar-refractivity contribution in [1.82, 2.24) is 19.9 Å². The molecule has 0 aliphatic heterocycles. The van der Waals surface area contributed by atoms with Crippen LogP contribution in [-0.2, 0) is 9.84 Å². The van der Waals surface area contributed by atoms with Crippen molar-refractivity contribution in [3.63, 3.8) is 0 Å². The number of alkyl halides is 1. The molecule has 7 nitrogen and oxygen atoms in total. The Morgan fingerprint density at radius 3 is 2.73 bits per heavy atom. The van der Waals surface area contributed by atoms with E-state index in [9.17, 15) is 17.6 Å². The molecule has 1 aliphatic carbocycles. The van der Waals surface area contributed by atoms with Gasteiger partial charge in [0.1, 0.15) is 17.2 Å². The Morgan fingerprint density at radius 1 is 1.33 bits per heavy atom. The lowest BCUT2D eigenvalue weighted by Gasteiger charge is -2.24. The SMILES string of the molecule is C[C@H](/C=C/S(C)(=O)=O)NC(=O)c1cc2ncn(C(c3cccc(F)c3Cl)C3(F)CC3)c2cn1. The molecule has 33 heavy (non-hydrogen) atoms. The van der Waals surface area contributed by atoms with Crippen LogP contribution in [0.25, 0.3) is 11.0 Å². The number of benzene rings is 1. The van der Waals surface area contributed by atoms with Crippen LogP contribution in [0.3, 0.4) is 0 Å². The van der Waals surface area contributed by atoms with Gasteiger partial charge in [0.25, 0.3) is 5.91 Å². The van der Waals surface area contributed by atoms with Gasteiger partial charge >= 0.3 is 0 Å². The zero-order chi connectivity index (χ0) is 24.0. The predicted molar refractivity (Wildman–Crippen MR) is 121 cm³/mol. The number of halogens is 3. The van der Waals surface area contributed by atoms with Gasteiger partial charge in [-0.15, -0.1) is 0 Å². The molecule has 1 amide bonds. The summed E-state index contributed by atoms with van der Waals surface area (Å²) in [5.41, 5.74) is -0.358. The molecular formula is C22H21ClF2N4O3S. The summed E-state index contributed by atoms with van der Waals surface area (Å²) >= 11 is 6.17. The van der Waals surface area contributed by atoms with Crippen molar-refractivity contribution < 1.29 is 22.0 Å². The van der Waals surface area contributed by atoms with Gasteiger partial charge in [0.05, 0.1) is 34.6 Å². The van der Waals surface area contributed by atoms with Crippen LogP contribution >= 0.6 is 11.6 Å². The Hall–Kier alpha value is -2.85. The normalized spacial score (nSPS) is 17.2. The number of pyridine rings is 1. The number of amides is 1. The monoisotopic (exact) mass is 494 g/mol. The van der Waals surface area contributed by atoms with Gasteiger partial charge in [-0.1, -0.05) is 29.8 Å². The van der Waals surface area contributed by atoms with E-state index in [-0.39, 0.29) is 10.7 Å². The molecule has 2 atom stereocenters. The first-order valence-corrected chi connectivity index (χ1v) is 12.5. The van der Waals surface area contributed by atoms with E-state index in [0.717, 1.165) is 11.7 Å². The Balaban J connectivity index is 1.65. The smallest absolute Gasteiger partial charge is 0.270 e. The third-order valence-corrected chi connectivity index (χ3v) is 6.49. The number of carbonyl (C=O) groups excluding carboxylic acids is 1. The molecule has 1 unspecified atom stereocenters. The van der Waals surface area contributed by atoms with Crippen molar-refractivity contribution in [2.75, 3.05) is 6.26 Å². The molecule has 3 aromatic rings. The minimum atomic E-state index is -3.31. The summed E-state index contributed by atoms with van der Waals surface area (Å²) in [7, 11) is -3.31. The standard InChI is InChI=1S/C22H21ClF2N4O3S/c1-13(6-9-33(2,31)32)28-21(30)17-10-16-18(11-26-17)29(12-27-16)20(22(25)7-8-22)14-4-3-5-15(24)19(14)23/h3-6,9-13,20H,7-8H2,1-2H3,(H,28,30)/b9-6+/t13-,20?/m1/s1. The highest BCUT2D eigenvalue weighted by Gasteiger charge is 2.53. The summed E-state index contributed by atoms with van der Waals surface area (Å²) in [6.45, 7) is 1.62. The van der Waals surface area contributed by atoms with Gasteiger partial charge in [-0.25, -0.2) is 27.2 Å². The number of hydrogen-bond acceptors (Lipinski definition) is 5. The number of aromatic nitrogens is 3. The first kappa shape index (κ1) is 23.3. The summed E-state index contributed by atoms with van der Waals surface area (Å²) in [5, 5.41) is 3.50. The molecule has 1 fully saturated rings. The number of carbonyl (C=O) groups is 1. The van der Waals surface area contributed by atoms with E-state index in [1.54, 1.807) is 17.6 Å². The first-order valence-electron chi connectivity index (χ1n) is 10.1. The first-order chi connectivity index (χ1) is 15.5. The Labute approximate surface area is 194 Å². The molecule has 0 spiro atoms. The summed E-state index contributed by atoms with van der Waals surface area (Å²) in [4.78, 5) is 21.0. The average molecular weight is 495 g/mol. The molecule has 4 rings (SSSR count).